The minimum Gasteiger partial charge on any atom is -0.463 e. The van der Waals surface area contributed by atoms with E-state index in [0.29, 0.717) is 17.9 Å². The highest BCUT2D eigenvalue weighted by atomic mass is 35.5. The van der Waals surface area contributed by atoms with Crippen molar-refractivity contribution in [2.75, 3.05) is 6.61 Å². The van der Waals surface area contributed by atoms with Crippen molar-refractivity contribution in [1.29, 1.82) is 0 Å². The molecular formula is C9H13ClN2O2. The zero-order chi connectivity index (χ0) is 11.1. The molecule has 0 rings (SSSR count). The normalized spacial score (nSPS) is 13.3. The highest BCUT2D eigenvalue weighted by Gasteiger charge is 2.08. The fourth-order valence-corrected chi connectivity index (χ4v) is 0.771. The Kier molecular flexibility index (Phi) is 5.79. The summed E-state index contributed by atoms with van der Waals surface area (Å²) in [4.78, 5) is 18.4. The van der Waals surface area contributed by atoms with Crippen LogP contribution in [0, 0.1) is 0 Å². The van der Waals surface area contributed by atoms with Crippen molar-refractivity contribution < 1.29 is 9.53 Å². The van der Waals surface area contributed by atoms with Gasteiger partial charge in [-0.05, 0) is 39.1 Å². The molecule has 0 atom stereocenters. The minimum absolute atomic E-state index is 0.00569. The molecule has 0 aliphatic heterocycles. The number of carbonyl (C=O) groups excluding carboxylic acids is 1. The largest absolute Gasteiger partial charge is 0.463 e. The second-order valence-electron chi connectivity index (χ2n) is 2.47. The predicted molar refractivity (Wildman–Crippen MR) is 57.8 cm³/mol. The van der Waals surface area contributed by atoms with Gasteiger partial charge in [0.15, 0.2) is 0 Å². The summed E-state index contributed by atoms with van der Waals surface area (Å²) in [5.74, 6) is -0.401. The molecule has 5 heteroatoms. The molecule has 0 aromatic carbocycles. The molecule has 0 bridgehead atoms. The number of nitrogens with zero attached hydrogens (tertiary/aromatic N) is 2. The topological polar surface area (TPSA) is 51.0 Å². The van der Waals surface area contributed by atoms with Gasteiger partial charge in [0.05, 0.1) is 17.9 Å². The van der Waals surface area contributed by atoms with Gasteiger partial charge in [-0.1, -0.05) is 0 Å². The van der Waals surface area contributed by atoms with Gasteiger partial charge in [-0.2, -0.15) is 0 Å². The Balaban J connectivity index is 4.75. The third-order valence-electron chi connectivity index (χ3n) is 1.51. The molecule has 0 saturated carbocycles. The number of halogens is 1. The summed E-state index contributed by atoms with van der Waals surface area (Å²) in [6.07, 6.45) is 0. The summed E-state index contributed by atoms with van der Waals surface area (Å²) in [6, 6.07) is 0. The summed E-state index contributed by atoms with van der Waals surface area (Å²) in [5, 5.41) is 0.00569. The van der Waals surface area contributed by atoms with Gasteiger partial charge in [0.25, 0.3) is 0 Å². The first-order valence-electron chi connectivity index (χ1n) is 4.08. The van der Waals surface area contributed by atoms with Crippen LogP contribution in [0.15, 0.2) is 21.3 Å². The second kappa shape index (κ2) is 6.32. The molecule has 0 fully saturated rings. The Morgan fingerprint density at radius 1 is 1.50 bits per heavy atom. The minimum atomic E-state index is -0.401. The van der Waals surface area contributed by atoms with Crippen LogP contribution in [-0.4, -0.2) is 24.6 Å². The number of aliphatic imine (C=N–C) groups is 2. The molecule has 4 nitrogen and oxygen atoms in total. The molecule has 0 aliphatic rings. The van der Waals surface area contributed by atoms with E-state index in [9.17, 15) is 4.79 Å². The smallest absolute Gasteiger partial charge is 0.335 e. The zero-order valence-electron chi connectivity index (χ0n) is 8.50. The van der Waals surface area contributed by atoms with Crippen molar-refractivity contribution in [3.05, 3.63) is 11.3 Å². The zero-order valence-corrected chi connectivity index (χ0v) is 9.26. The SMILES string of the molecule is C=N/C(Cl)=N\C(C)=C(/C)C(=O)OCC. The Morgan fingerprint density at radius 2 is 2.07 bits per heavy atom. The third-order valence-corrected chi connectivity index (χ3v) is 1.72. The number of amidine groups is 1. The lowest BCUT2D eigenvalue weighted by Gasteiger charge is -2.02. The summed E-state index contributed by atoms with van der Waals surface area (Å²) in [5.41, 5.74) is 0.884. The fraction of sp³-hybridized carbons (Fsp3) is 0.444. The van der Waals surface area contributed by atoms with Crippen LogP contribution in [-0.2, 0) is 9.53 Å². The molecule has 0 radical (unpaired) electrons. The van der Waals surface area contributed by atoms with Crippen LogP contribution >= 0.6 is 11.6 Å². The number of carbonyl (C=O) groups is 1. The van der Waals surface area contributed by atoms with Gasteiger partial charge in [-0.15, -0.1) is 0 Å². The van der Waals surface area contributed by atoms with E-state index in [1.54, 1.807) is 20.8 Å². The Labute approximate surface area is 88.3 Å². The van der Waals surface area contributed by atoms with Gasteiger partial charge in [0, 0.05) is 0 Å². The molecule has 0 saturated heterocycles. The summed E-state index contributed by atoms with van der Waals surface area (Å²) < 4.78 is 4.78. The molecule has 78 valence electrons. The molecule has 0 N–H and O–H groups in total. The van der Waals surface area contributed by atoms with Gasteiger partial charge in [-0.25, -0.2) is 14.8 Å². The number of ether oxygens (including phenoxy) is 1. The number of hydrogen-bond acceptors (Lipinski definition) is 3. The van der Waals surface area contributed by atoms with Crippen LogP contribution in [0.3, 0.4) is 0 Å². The lowest BCUT2D eigenvalue weighted by molar-refractivity contribution is -0.138. The monoisotopic (exact) mass is 216 g/mol. The van der Waals surface area contributed by atoms with E-state index in [2.05, 4.69) is 16.7 Å². The molecule has 0 unspecified atom stereocenters. The number of hydrogen-bond donors (Lipinski definition) is 0. The van der Waals surface area contributed by atoms with Crippen molar-refractivity contribution in [1.82, 2.24) is 0 Å². The first kappa shape index (κ1) is 12.8. The molecule has 0 aromatic rings. The number of esters is 1. The predicted octanol–water partition coefficient (Wildman–Crippen LogP) is 2.14. The van der Waals surface area contributed by atoms with Gasteiger partial charge < -0.3 is 4.74 Å². The first-order valence-corrected chi connectivity index (χ1v) is 4.46. The lowest BCUT2D eigenvalue weighted by atomic mass is 10.2. The van der Waals surface area contributed by atoms with E-state index < -0.39 is 5.97 Å². The van der Waals surface area contributed by atoms with Gasteiger partial charge in [0.1, 0.15) is 0 Å². The average molecular weight is 217 g/mol. The third kappa shape index (κ3) is 4.18. The Hall–Kier alpha value is -1.16. The maximum Gasteiger partial charge on any atom is 0.335 e. The Morgan fingerprint density at radius 3 is 2.50 bits per heavy atom. The van der Waals surface area contributed by atoms with Crippen LogP contribution in [0.4, 0.5) is 0 Å². The Bertz CT molecular complexity index is 295. The first-order chi connectivity index (χ1) is 6.52. The summed E-state index contributed by atoms with van der Waals surface area (Å²) >= 11 is 5.52. The summed E-state index contributed by atoms with van der Waals surface area (Å²) in [6.45, 7) is 8.54. The molecule has 14 heavy (non-hydrogen) atoms. The van der Waals surface area contributed by atoms with Gasteiger partial charge in [0.2, 0.25) is 5.29 Å². The maximum atomic E-state index is 11.2. The van der Waals surface area contributed by atoms with Gasteiger partial charge >= 0.3 is 5.97 Å². The maximum absolute atomic E-state index is 11.2. The number of rotatable bonds is 3. The van der Waals surface area contributed by atoms with Crippen LogP contribution < -0.4 is 0 Å². The van der Waals surface area contributed by atoms with Crippen molar-refractivity contribution in [3.63, 3.8) is 0 Å². The molecular weight excluding hydrogens is 204 g/mol. The van der Waals surface area contributed by atoms with Crippen molar-refractivity contribution >= 4 is 29.6 Å². The highest BCUT2D eigenvalue weighted by molar-refractivity contribution is 6.65. The van der Waals surface area contributed by atoms with Crippen LogP contribution in [0.5, 0.6) is 0 Å². The van der Waals surface area contributed by atoms with Crippen LogP contribution in [0.1, 0.15) is 20.8 Å². The highest BCUT2D eigenvalue weighted by Crippen LogP contribution is 2.08. The summed E-state index contributed by atoms with van der Waals surface area (Å²) in [7, 11) is 0. The van der Waals surface area contributed by atoms with E-state index in [4.69, 9.17) is 16.3 Å². The van der Waals surface area contributed by atoms with Crippen LogP contribution in [0.2, 0.25) is 0 Å². The van der Waals surface area contributed by atoms with Crippen molar-refractivity contribution in [2.24, 2.45) is 9.98 Å². The van der Waals surface area contributed by atoms with Gasteiger partial charge in [-0.3, -0.25) is 0 Å². The number of allylic oxidation sites excluding steroid dienone is 1. The van der Waals surface area contributed by atoms with E-state index in [1.807, 2.05) is 0 Å². The lowest BCUT2D eigenvalue weighted by Crippen LogP contribution is -2.06. The van der Waals surface area contributed by atoms with E-state index in [-0.39, 0.29) is 5.29 Å². The molecule has 0 spiro atoms. The molecule has 0 heterocycles. The second-order valence-corrected chi connectivity index (χ2v) is 2.81. The van der Waals surface area contributed by atoms with Crippen molar-refractivity contribution in [3.8, 4) is 0 Å². The van der Waals surface area contributed by atoms with Crippen molar-refractivity contribution in [2.45, 2.75) is 20.8 Å². The average Bonchev–Trinajstić information content (AvgIpc) is 2.16. The molecule has 0 aromatic heterocycles. The molecule has 0 aliphatic carbocycles. The fourth-order valence-electron chi connectivity index (χ4n) is 0.645. The van der Waals surface area contributed by atoms with Crippen LogP contribution in [0.25, 0.3) is 0 Å². The standard InChI is InChI=1S/C9H13ClN2O2/c1-5-14-8(13)6(2)7(3)12-9(10)11-4/h4-5H2,1-3H3/b7-6+,12-9-. The van der Waals surface area contributed by atoms with E-state index >= 15 is 0 Å². The van der Waals surface area contributed by atoms with E-state index in [1.165, 1.54) is 0 Å². The van der Waals surface area contributed by atoms with E-state index in [0.717, 1.165) is 0 Å². The molecule has 0 amide bonds. The quantitative estimate of drug-likeness (QED) is 0.239.